The van der Waals surface area contributed by atoms with Crippen molar-refractivity contribution in [2.75, 3.05) is 18.0 Å². The van der Waals surface area contributed by atoms with Crippen molar-refractivity contribution in [3.8, 4) is 0 Å². The van der Waals surface area contributed by atoms with Crippen LogP contribution in [-0.2, 0) is 11.3 Å². The van der Waals surface area contributed by atoms with Crippen molar-refractivity contribution in [1.82, 2.24) is 4.98 Å². The van der Waals surface area contributed by atoms with Crippen molar-refractivity contribution in [2.45, 2.75) is 38.5 Å². The van der Waals surface area contributed by atoms with Gasteiger partial charge in [0.25, 0.3) is 0 Å². The highest BCUT2D eigenvalue weighted by Gasteiger charge is 2.34. The van der Waals surface area contributed by atoms with Gasteiger partial charge in [-0.15, -0.1) is 0 Å². The molecule has 17 heavy (non-hydrogen) atoms. The Morgan fingerprint density at radius 2 is 2.12 bits per heavy atom. The summed E-state index contributed by atoms with van der Waals surface area (Å²) < 4.78 is 5.84. The largest absolute Gasteiger partial charge is 0.371 e. The summed E-state index contributed by atoms with van der Waals surface area (Å²) in [6.07, 6.45) is 5.09. The van der Waals surface area contributed by atoms with Gasteiger partial charge in [0.15, 0.2) is 0 Å². The summed E-state index contributed by atoms with van der Waals surface area (Å²) in [7, 11) is 0. The topological polar surface area (TPSA) is 51.4 Å². The average Bonchev–Trinajstić information content (AvgIpc) is 2.68. The minimum atomic E-state index is 0.407. The molecule has 2 aliphatic rings. The number of nitrogens with zero attached hydrogens (tertiary/aromatic N) is 2. The van der Waals surface area contributed by atoms with E-state index in [0.29, 0.717) is 18.8 Å². The minimum Gasteiger partial charge on any atom is -0.371 e. The normalized spacial score (nSPS) is 27.5. The van der Waals surface area contributed by atoms with Crippen LogP contribution in [0.15, 0.2) is 12.3 Å². The number of hydrogen-bond donors (Lipinski definition) is 1. The van der Waals surface area contributed by atoms with Gasteiger partial charge in [0.1, 0.15) is 5.82 Å². The van der Waals surface area contributed by atoms with E-state index in [-0.39, 0.29) is 0 Å². The molecule has 92 valence electrons. The SMILES string of the molecule is Cc1cc(CN)cnc1N1CC2CCC(C1)O2. The zero-order valence-electron chi connectivity index (χ0n) is 10.2. The minimum absolute atomic E-state index is 0.407. The van der Waals surface area contributed by atoms with Crippen LogP contribution in [0.25, 0.3) is 0 Å². The summed E-state index contributed by atoms with van der Waals surface area (Å²) in [5.74, 6) is 1.10. The van der Waals surface area contributed by atoms with Crippen LogP contribution in [0.2, 0.25) is 0 Å². The fourth-order valence-corrected chi connectivity index (χ4v) is 2.86. The quantitative estimate of drug-likeness (QED) is 0.834. The maximum Gasteiger partial charge on any atom is 0.131 e. The van der Waals surface area contributed by atoms with E-state index in [1.807, 2.05) is 6.20 Å². The highest BCUT2D eigenvalue weighted by Crippen LogP contribution is 2.30. The Labute approximate surface area is 102 Å². The molecule has 4 heteroatoms. The number of hydrogen-bond acceptors (Lipinski definition) is 4. The highest BCUT2D eigenvalue weighted by atomic mass is 16.5. The first kappa shape index (κ1) is 11.0. The van der Waals surface area contributed by atoms with E-state index in [1.54, 1.807) is 0 Å². The fourth-order valence-electron chi connectivity index (χ4n) is 2.86. The number of morpholine rings is 1. The van der Waals surface area contributed by atoms with Crippen molar-refractivity contribution in [2.24, 2.45) is 5.73 Å². The molecule has 0 amide bonds. The lowest BCUT2D eigenvalue weighted by Gasteiger charge is -2.33. The summed E-state index contributed by atoms with van der Waals surface area (Å²) in [6, 6.07) is 2.14. The van der Waals surface area contributed by atoms with Crippen LogP contribution in [0, 0.1) is 6.92 Å². The van der Waals surface area contributed by atoms with Gasteiger partial charge < -0.3 is 15.4 Å². The Morgan fingerprint density at radius 3 is 2.71 bits per heavy atom. The van der Waals surface area contributed by atoms with Gasteiger partial charge in [-0.05, 0) is 37.0 Å². The Kier molecular flexibility index (Phi) is 2.76. The van der Waals surface area contributed by atoms with Gasteiger partial charge >= 0.3 is 0 Å². The Bertz CT molecular complexity index is 409. The molecule has 1 aromatic rings. The smallest absolute Gasteiger partial charge is 0.131 e. The van der Waals surface area contributed by atoms with Crippen LogP contribution in [0.3, 0.4) is 0 Å². The molecule has 2 bridgehead atoms. The number of nitrogens with two attached hydrogens (primary N) is 1. The van der Waals surface area contributed by atoms with Crippen LogP contribution in [-0.4, -0.2) is 30.3 Å². The maximum atomic E-state index is 5.84. The zero-order valence-corrected chi connectivity index (χ0v) is 10.2. The second kappa shape index (κ2) is 4.27. The standard InChI is InChI=1S/C13H19N3O/c1-9-4-10(5-14)6-15-13(9)16-7-11-2-3-12(8-16)17-11/h4,6,11-12H,2-3,5,7-8,14H2,1H3. The van der Waals surface area contributed by atoms with Crippen LogP contribution in [0.1, 0.15) is 24.0 Å². The van der Waals surface area contributed by atoms with Crippen LogP contribution in [0.4, 0.5) is 5.82 Å². The van der Waals surface area contributed by atoms with Crippen LogP contribution < -0.4 is 10.6 Å². The summed E-state index contributed by atoms with van der Waals surface area (Å²) in [5, 5.41) is 0. The van der Waals surface area contributed by atoms with Gasteiger partial charge in [-0.1, -0.05) is 0 Å². The first-order chi connectivity index (χ1) is 8.26. The molecule has 3 heterocycles. The van der Waals surface area contributed by atoms with E-state index < -0.39 is 0 Å². The number of aromatic nitrogens is 1. The molecule has 2 unspecified atom stereocenters. The lowest BCUT2D eigenvalue weighted by Crippen LogP contribution is -2.43. The number of aryl methyl sites for hydroxylation is 1. The average molecular weight is 233 g/mol. The third kappa shape index (κ3) is 2.03. The van der Waals surface area contributed by atoms with E-state index >= 15 is 0 Å². The molecule has 1 aromatic heterocycles. The lowest BCUT2D eigenvalue weighted by atomic mass is 10.2. The molecular formula is C13H19N3O. The molecule has 2 aliphatic heterocycles. The molecule has 3 rings (SSSR count). The summed E-state index contributed by atoms with van der Waals surface area (Å²) in [4.78, 5) is 6.92. The number of pyridine rings is 1. The third-order valence-electron chi connectivity index (χ3n) is 3.69. The Balaban J connectivity index is 1.84. The zero-order chi connectivity index (χ0) is 11.8. The molecule has 0 aliphatic carbocycles. The molecule has 2 atom stereocenters. The Hall–Kier alpha value is -1.13. The van der Waals surface area contributed by atoms with Crippen molar-refractivity contribution in [1.29, 1.82) is 0 Å². The van der Waals surface area contributed by atoms with Gasteiger partial charge in [0, 0.05) is 25.8 Å². The van der Waals surface area contributed by atoms with Crippen molar-refractivity contribution >= 4 is 5.82 Å². The van der Waals surface area contributed by atoms with Gasteiger partial charge in [-0.25, -0.2) is 4.98 Å². The molecule has 0 radical (unpaired) electrons. The second-order valence-electron chi connectivity index (χ2n) is 5.05. The maximum absolute atomic E-state index is 5.84. The monoisotopic (exact) mass is 233 g/mol. The first-order valence-electron chi connectivity index (χ1n) is 6.32. The fraction of sp³-hybridized carbons (Fsp3) is 0.615. The van der Waals surface area contributed by atoms with Crippen LogP contribution in [0.5, 0.6) is 0 Å². The van der Waals surface area contributed by atoms with Crippen molar-refractivity contribution < 1.29 is 4.74 Å². The predicted molar refractivity (Wildman–Crippen MR) is 67.0 cm³/mol. The van der Waals surface area contributed by atoms with E-state index in [2.05, 4.69) is 22.9 Å². The van der Waals surface area contributed by atoms with E-state index in [4.69, 9.17) is 10.5 Å². The molecule has 2 fully saturated rings. The van der Waals surface area contributed by atoms with Gasteiger partial charge in [-0.2, -0.15) is 0 Å². The van der Waals surface area contributed by atoms with E-state index in [0.717, 1.165) is 24.5 Å². The molecule has 0 spiro atoms. The number of anilines is 1. The summed E-state index contributed by atoms with van der Waals surface area (Å²) >= 11 is 0. The van der Waals surface area contributed by atoms with Crippen LogP contribution >= 0.6 is 0 Å². The first-order valence-corrected chi connectivity index (χ1v) is 6.32. The Morgan fingerprint density at radius 1 is 1.41 bits per heavy atom. The second-order valence-corrected chi connectivity index (χ2v) is 5.05. The molecule has 0 saturated carbocycles. The van der Waals surface area contributed by atoms with E-state index in [1.165, 1.54) is 18.4 Å². The molecule has 2 saturated heterocycles. The summed E-state index contributed by atoms with van der Waals surface area (Å²) in [5.41, 5.74) is 7.94. The van der Waals surface area contributed by atoms with E-state index in [9.17, 15) is 0 Å². The number of fused-ring (bicyclic) bond motifs is 2. The van der Waals surface area contributed by atoms with Gasteiger partial charge in [-0.3, -0.25) is 0 Å². The van der Waals surface area contributed by atoms with Crippen molar-refractivity contribution in [3.63, 3.8) is 0 Å². The lowest BCUT2D eigenvalue weighted by molar-refractivity contribution is 0.0302. The van der Waals surface area contributed by atoms with Gasteiger partial charge in [0.05, 0.1) is 12.2 Å². The molecular weight excluding hydrogens is 214 g/mol. The number of ether oxygens (including phenoxy) is 1. The predicted octanol–water partition coefficient (Wildman–Crippen LogP) is 1.22. The molecule has 0 aromatic carbocycles. The van der Waals surface area contributed by atoms with Gasteiger partial charge in [0.2, 0.25) is 0 Å². The summed E-state index contributed by atoms with van der Waals surface area (Å²) in [6.45, 7) is 4.62. The number of rotatable bonds is 2. The molecule has 2 N–H and O–H groups in total. The molecule has 4 nitrogen and oxygen atoms in total. The highest BCUT2D eigenvalue weighted by molar-refractivity contribution is 5.48. The third-order valence-corrected chi connectivity index (χ3v) is 3.69. The van der Waals surface area contributed by atoms with Crippen molar-refractivity contribution in [3.05, 3.63) is 23.4 Å².